The van der Waals surface area contributed by atoms with Crippen LogP contribution in [0.15, 0.2) is 59.5 Å². The Balaban J connectivity index is 1.42. The summed E-state index contributed by atoms with van der Waals surface area (Å²) in [6, 6.07) is 15.6. The topological polar surface area (TPSA) is 92.8 Å². The molecule has 1 aliphatic heterocycles. The van der Waals surface area contributed by atoms with Gasteiger partial charge in [-0.2, -0.15) is 4.31 Å². The molecule has 0 aromatic heterocycles. The lowest BCUT2D eigenvalue weighted by Gasteiger charge is -2.29. The van der Waals surface area contributed by atoms with Gasteiger partial charge in [0, 0.05) is 19.6 Å². The third kappa shape index (κ3) is 6.64. The third-order valence-electron chi connectivity index (χ3n) is 5.61. The number of nitrogens with zero attached hydrogens (tertiary/aromatic N) is 1. The summed E-state index contributed by atoms with van der Waals surface area (Å²) in [7, 11) is -3.57. The van der Waals surface area contributed by atoms with E-state index in [1.807, 2.05) is 30.3 Å². The maximum absolute atomic E-state index is 12.8. The number of esters is 1. The molecular weight excluding hydrogens is 428 g/mol. The van der Waals surface area contributed by atoms with E-state index in [1.165, 1.54) is 34.1 Å². The van der Waals surface area contributed by atoms with Crippen LogP contribution in [-0.2, 0) is 26.0 Å². The molecule has 32 heavy (non-hydrogen) atoms. The van der Waals surface area contributed by atoms with Crippen molar-refractivity contribution in [1.29, 1.82) is 0 Å². The molecule has 0 atom stereocenters. The maximum atomic E-state index is 12.8. The molecule has 1 saturated heterocycles. The minimum Gasteiger partial charge on any atom is -0.452 e. The number of benzene rings is 2. The number of carbonyl (C=O) groups is 2. The van der Waals surface area contributed by atoms with E-state index in [-0.39, 0.29) is 23.0 Å². The zero-order valence-corrected chi connectivity index (χ0v) is 19.1. The van der Waals surface area contributed by atoms with Crippen LogP contribution in [0.25, 0.3) is 0 Å². The van der Waals surface area contributed by atoms with Crippen molar-refractivity contribution in [1.82, 2.24) is 9.62 Å². The second-order valence-corrected chi connectivity index (χ2v) is 10.1. The molecule has 0 aliphatic carbocycles. The van der Waals surface area contributed by atoms with Crippen LogP contribution in [0.4, 0.5) is 0 Å². The number of amides is 1. The van der Waals surface area contributed by atoms with Crippen molar-refractivity contribution in [3.8, 4) is 0 Å². The summed E-state index contributed by atoms with van der Waals surface area (Å²) >= 11 is 0. The lowest BCUT2D eigenvalue weighted by molar-refractivity contribution is -0.124. The standard InChI is InChI=1S/C24H30N2O5S/c1-19-13-16-26(17-14-19)32(29,30)22-11-9-21(10-12-22)24(28)31-18-23(27)25-15-5-8-20-6-3-2-4-7-20/h2-4,6-7,9-12,19H,5,8,13-18H2,1H3,(H,25,27). The number of rotatable bonds is 9. The predicted molar refractivity (Wildman–Crippen MR) is 122 cm³/mol. The van der Waals surface area contributed by atoms with Crippen molar-refractivity contribution in [2.45, 2.75) is 37.5 Å². The molecular formula is C24H30N2O5S. The Hall–Kier alpha value is -2.71. The number of piperidine rings is 1. The van der Waals surface area contributed by atoms with Gasteiger partial charge in [0.05, 0.1) is 10.5 Å². The minimum atomic E-state index is -3.57. The van der Waals surface area contributed by atoms with Gasteiger partial charge in [0.15, 0.2) is 6.61 Å². The molecule has 0 radical (unpaired) electrons. The monoisotopic (exact) mass is 458 g/mol. The molecule has 3 rings (SSSR count). The zero-order valence-electron chi connectivity index (χ0n) is 18.3. The summed E-state index contributed by atoms with van der Waals surface area (Å²) in [6.45, 7) is 3.25. The van der Waals surface area contributed by atoms with E-state index in [2.05, 4.69) is 12.2 Å². The Morgan fingerprint density at radius 2 is 1.69 bits per heavy atom. The summed E-state index contributed by atoms with van der Waals surface area (Å²) in [5.74, 6) is -0.509. The highest BCUT2D eigenvalue weighted by Crippen LogP contribution is 2.23. The first-order valence-corrected chi connectivity index (χ1v) is 12.4. The van der Waals surface area contributed by atoms with Crippen molar-refractivity contribution >= 4 is 21.9 Å². The first-order valence-electron chi connectivity index (χ1n) is 10.9. The highest BCUT2D eigenvalue weighted by molar-refractivity contribution is 7.89. The van der Waals surface area contributed by atoms with E-state index in [0.29, 0.717) is 25.6 Å². The molecule has 1 aliphatic rings. The SMILES string of the molecule is CC1CCN(S(=O)(=O)c2ccc(C(=O)OCC(=O)NCCCc3ccccc3)cc2)CC1. The number of aryl methyl sites for hydroxylation is 1. The molecule has 1 N–H and O–H groups in total. The normalized spacial score (nSPS) is 15.3. The Morgan fingerprint density at radius 3 is 2.34 bits per heavy atom. The van der Waals surface area contributed by atoms with E-state index in [1.54, 1.807) is 0 Å². The fourth-order valence-electron chi connectivity index (χ4n) is 3.57. The van der Waals surface area contributed by atoms with E-state index >= 15 is 0 Å². The van der Waals surface area contributed by atoms with Crippen LogP contribution in [0.1, 0.15) is 42.1 Å². The molecule has 2 aromatic carbocycles. The van der Waals surface area contributed by atoms with Gasteiger partial charge in [-0.1, -0.05) is 37.3 Å². The van der Waals surface area contributed by atoms with Crippen molar-refractivity contribution < 1.29 is 22.7 Å². The zero-order chi connectivity index (χ0) is 23.0. The fourth-order valence-corrected chi connectivity index (χ4v) is 5.04. The van der Waals surface area contributed by atoms with E-state index < -0.39 is 16.0 Å². The highest BCUT2D eigenvalue weighted by atomic mass is 32.2. The van der Waals surface area contributed by atoms with Crippen LogP contribution < -0.4 is 5.32 Å². The minimum absolute atomic E-state index is 0.153. The summed E-state index contributed by atoms with van der Waals surface area (Å²) in [5, 5.41) is 2.73. The molecule has 1 fully saturated rings. The molecule has 0 unspecified atom stereocenters. The summed E-state index contributed by atoms with van der Waals surface area (Å²) in [5.41, 5.74) is 1.40. The highest BCUT2D eigenvalue weighted by Gasteiger charge is 2.28. The Morgan fingerprint density at radius 1 is 1.03 bits per heavy atom. The fraction of sp³-hybridized carbons (Fsp3) is 0.417. The number of sulfonamides is 1. The molecule has 7 nitrogen and oxygen atoms in total. The molecule has 2 aromatic rings. The lowest BCUT2D eigenvalue weighted by Crippen LogP contribution is -2.37. The molecule has 1 amide bonds. The van der Waals surface area contributed by atoms with E-state index in [9.17, 15) is 18.0 Å². The van der Waals surface area contributed by atoms with Gasteiger partial charge in [-0.3, -0.25) is 4.79 Å². The van der Waals surface area contributed by atoms with Crippen molar-refractivity contribution in [2.24, 2.45) is 5.92 Å². The molecule has 0 bridgehead atoms. The van der Waals surface area contributed by atoms with Gasteiger partial charge in [-0.05, 0) is 61.4 Å². The van der Waals surface area contributed by atoms with Gasteiger partial charge in [0.1, 0.15) is 0 Å². The van der Waals surface area contributed by atoms with Crippen LogP contribution in [0.3, 0.4) is 0 Å². The Kier molecular flexibility index (Phi) is 8.41. The molecule has 1 heterocycles. The number of hydrogen-bond acceptors (Lipinski definition) is 5. The summed E-state index contributed by atoms with van der Waals surface area (Å²) < 4.78 is 32.1. The average Bonchev–Trinajstić information content (AvgIpc) is 2.81. The number of hydrogen-bond donors (Lipinski definition) is 1. The third-order valence-corrected chi connectivity index (χ3v) is 7.52. The first-order chi connectivity index (χ1) is 15.4. The van der Waals surface area contributed by atoms with Crippen LogP contribution in [0, 0.1) is 5.92 Å². The maximum Gasteiger partial charge on any atom is 0.338 e. The Labute approximate surface area is 189 Å². The van der Waals surface area contributed by atoms with Crippen molar-refractivity contribution in [3.05, 3.63) is 65.7 Å². The number of ether oxygens (including phenoxy) is 1. The molecule has 0 saturated carbocycles. The van der Waals surface area contributed by atoms with Crippen LogP contribution in [0.2, 0.25) is 0 Å². The molecule has 172 valence electrons. The van der Waals surface area contributed by atoms with Crippen LogP contribution >= 0.6 is 0 Å². The second-order valence-electron chi connectivity index (χ2n) is 8.13. The van der Waals surface area contributed by atoms with Gasteiger partial charge in [0.2, 0.25) is 10.0 Å². The lowest BCUT2D eigenvalue weighted by atomic mass is 10.0. The predicted octanol–water partition coefficient (Wildman–Crippen LogP) is 3.01. The smallest absolute Gasteiger partial charge is 0.338 e. The van der Waals surface area contributed by atoms with Gasteiger partial charge >= 0.3 is 5.97 Å². The van der Waals surface area contributed by atoms with Crippen molar-refractivity contribution in [2.75, 3.05) is 26.2 Å². The van der Waals surface area contributed by atoms with Crippen LogP contribution in [0.5, 0.6) is 0 Å². The average molecular weight is 459 g/mol. The molecule has 0 spiro atoms. The van der Waals surface area contributed by atoms with Gasteiger partial charge < -0.3 is 10.1 Å². The summed E-state index contributed by atoms with van der Waals surface area (Å²) in [6.07, 6.45) is 3.33. The largest absolute Gasteiger partial charge is 0.452 e. The van der Waals surface area contributed by atoms with Gasteiger partial charge in [-0.15, -0.1) is 0 Å². The molecule has 8 heteroatoms. The second kappa shape index (κ2) is 11.2. The van der Waals surface area contributed by atoms with Gasteiger partial charge in [0.25, 0.3) is 5.91 Å². The first kappa shape index (κ1) is 23.9. The van der Waals surface area contributed by atoms with Gasteiger partial charge in [-0.25, -0.2) is 13.2 Å². The summed E-state index contributed by atoms with van der Waals surface area (Å²) in [4.78, 5) is 24.3. The van der Waals surface area contributed by atoms with E-state index in [0.717, 1.165) is 25.7 Å². The Bertz CT molecular complexity index is 998. The van der Waals surface area contributed by atoms with Crippen molar-refractivity contribution in [3.63, 3.8) is 0 Å². The van der Waals surface area contributed by atoms with E-state index in [4.69, 9.17) is 4.74 Å². The quantitative estimate of drug-likeness (QED) is 0.461. The number of nitrogens with one attached hydrogen (secondary N) is 1. The number of carbonyl (C=O) groups excluding carboxylic acids is 2. The van der Waals surface area contributed by atoms with Crippen LogP contribution in [-0.4, -0.2) is 50.8 Å².